The third kappa shape index (κ3) is 3.17. The molecule has 0 atom stereocenters. The summed E-state index contributed by atoms with van der Waals surface area (Å²) in [6.45, 7) is 3.97. The predicted octanol–water partition coefficient (Wildman–Crippen LogP) is 5.31. The van der Waals surface area contributed by atoms with E-state index in [9.17, 15) is 4.39 Å². The zero-order valence-electron chi connectivity index (χ0n) is 9.74. The van der Waals surface area contributed by atoms with Gasteiger partial charge in [0.1, 0.15) is 5.82 Å². The molecule has 0 saturated heterocycles. The molecule has 2 rings (SSSR count). The SMILES string of the molecule is C=C(C=Cc1ccccc1Br)c1ccc(F)cc1. The Bertz CT molecular complexity index is 582. The van der Waals surface area contributed by atoms with Gasteiger partial charge in [-0.15, -0.1) is 0 Å². The number of allylic oxidation sites excluding steroid dienone is 2. The maximum absolute atomic E-state index is 12.8. The number of hydrogen-bond acceptors (Lipinski definition) is 0. The second-order valence-electron chi connectivity index (χ2n) is 3.89. The molecule has 0 N–H and O–H groups in total. The van der Waals surface area contributed by atoms with Crippen LogP contribution in [0.1, 0.15) is 11.1 Å². The Labute approximate surface area is 115 Å². The van der Waals surface area contributed by atoms with Gasteiger partial charge in [0.2, 0.25) is 0 Å². The zero-order valence-corrected chi connectivity index (χ0v) is 11.3. The monoisotopic (exact) mass is 302 g/mol. The molecule has 0 unspecified atom stereocenters. The highest BCUT2D eigenvalue weighted by atomic mass is 79.9. The minimum Gasteiger partial charge on any atom is -0.207 e. The highest BCUT2D eigenvalue weighted by Crippen LogP contribution is 2.20. The van der Waals surface area contributed by atoms with Crippen LogP contribution in [0.4, 0.5) is 4.39 Å². The molecule has 90 valence electrons. The number of hydrogen-bond donors (Lipinski definition) is 0. The predicted molar refractivity (Wildman–Crippen MR) is 78.6 cm³/mol. The number of rotatable bonds is 3. The lowest BCUT2D eigenvalue weighted by Crippen LogP contribution is -1.80. The van der Waals surface area contributed by atoms with Gasteiger partial charge in [-0.05, 0) is 34.9 Å². The molecule has 18 heavy (non-hydrogen) atoms. The third-order valence-corrected chi connectivity index (χ3v) is 3.31. The van der Waals surface area contributed by atoms with Crippen LogP contribution in [0.2, 0.25) is 0 Å². The van der Waals surface area contributed by atoms with E-state index in [4.69, 9.17) is 0 Å². The minimum atomic E-state index is -0.235. The van der Waals surface area contributed by atoms with Gasteiger partial charge in [-0.3, -0.25) is 0 Å². The van der Waals surface area contributed by atoms with E-state index in [0.29, 0.717) is 0 Å². The summed E-state index contributed by atoms with van der Waals surface area (Å²) in [5.74, 6) is -0.235. The van der Waals surface area contributed by atoms with Crippen molar-refractivity contribution in [1.29, 1.82) is 0 Å². The third-order valence-electron chi connectivity index (χ3n) is 2.58. The molecule has 0 nitrogen and oxygen atoms in total. The summed E-state index contributed by atoms with van der Waals surface area (Å²) in [6, 6.07) is 14.3. The van der Waals surface area contributed by atoms with Crippen LogP contribution in [-0.4, -0.2) is 0 Å². The average molecular weight is 303 g/mol. The molecule has 0 bridgehead atoms. The lowest BCUT2D eigenvalue weighted by atomic mass is 10.1. The van der Waals surface area contributed by atoms with Gasteiger partial charge in [-0.2, -0.15) is 0 Å². The molecular weight excluding hydrogens is 291 g/mol. The maximum atomic E-state index is 12.8. The minimum absolute atomic E-state index is 0.235. The quantitative estimate of drug-likeness (QED) is 0.674. The fraction of sp³-hybridized carbons (Fsp3) is 0. The van der Waals surface area contributed by atoms with Crippen molar-refractivity contribution >= 4 is 27.6 Å². The second-order valence-corrected chi connectivity index (χ2v) is 4.74. The van der Waals surface area contributed by atoms with Gasteiger partial charge in [-0.25, -0.2) is 4.39 Å². The van der Waals surface area contributed by atoms with Gasteiger partial charge in [0, 0.05) is 4.47 Å². The van der Waals surface area contributed by atoms with Crippen LogP contribution in [0, 0.1) is 5.82 Å². The standard InChI is InChI=1S/C16H12BrF/c1-12(13-8-10-15(18)11-9-13)6-7-14-4-2-3-5-16(14)17/h2-11H,1H2. The topological polar surface area (TPSA) is 0 Å². The Morgan fingerprint density at radius 3 is 2.39 bits per heavy atom. The Morgan fingerprint density at radius 1 is 1.06 bits per heavy atom. The average Bonchev–Trinajstić information content (AvgIpc) is 2.38. The van der Waals surface area contributed by atoms with Crippen molar-refractivity contribution in [3.63, 3.8) is 0 Å². The van der Waals surface area contributed by atoms with Crippen molar-refractivity contribution in [2.75, 3.05) is 0 Å². The van der Waals surface area contributed by atoms with E-state index in [0.717, 1.165) is 21.2 Å². The molecule has 0 heterocycles. The molecule has 0 saturated carbocycles. The van der Waals surface area contributed by atoms with Crippen LogP contribution in [0.15, 0.2) is 65.7 Å². The van der Waals surface area contributed by atoms with Crippen molar-refractivity contribution in [2.45, 2.75) is 0 Å². The van der Waals surface area contributed by atoms with Crippen LogP contribution < -0.4 is 0 Å². The number of halogens is 2. The zero-order chi connectivity index (χ0) is 13.0. The first-order valence-corrected chi connectivity index (χ1v) is 6.33. The lowest BCUT2D eigenvalue weighted by Gasteiger charge is -2.01. The number of benzene rings is 2. The van der Waals surface area contributed by atoms with Crippen LogP contribution in [0.5, 0.6) is 0 Å². The fourth-order valence-corrected chi connectivity index (χ4v) is 1.98. The first-order chi connectivity index (χ1) is 8.66. The Kier molecular flexibility index (Phi) is 4.11. The molecule has 2 aromatic carbocycles. The van der Waals surface area contributed by atoms with Crippen molar-refractivity contribution in [1.82, 2.24) is 0 Å². The lowest BCUT2D eigenvalue weighted by molar-refractivity contribution is 0.627. The fourth-order valence-electron chi connectivity index (χ4n) is 1.56. The van der Waals surface area contributed by atoms with Crippen molar-refractivity contribution in [2.24, 2.45) is 0 Å². The van der Waals surface area contributed by atoms with Crippen molar-refractivity contribution < 1.29 is 4.39 Å². The Morgan fingerprint density at radius 2 is 1.72 bits per heavy atom. The van der Waals surface area contributed by atoms with Gasteiger partial charge in [0.25, 0.3) is 0 Å². The molecule has 0 aliphatic heterocycles. The summed E-state index contributed by atoms with van der Waals surface area (Å²) >= 11 is 3.48. The van der Waals surface area contributed by atoms with Gasteiger partial charge in [0.05, 0.1) is 0 Å². The van der Waals surface area contributed by atoms with Gasteiger partial charge >= 0.3 is 0 Å². The highest BCUT2D eigenvalue weighted by Gasteiger charge is 1.97. The van der Waals surface area contributed by atoms with E-state index in [1.54, 1.807) is 12.1 Å². The molecule has 0 aromatic heterocycles. The van der Waals surface area contributed by atoms with E-state index in [-0.39, 0.29) is 5.82 Å². The normalized spacial score (nSPS) is 10.8. The summed E-state index contributed by atoms with van der Waals surface area (Å²) in [5.41, 5.74) is 2.85. The second kappa shape index (κ2) is 5.78. The summed E-state index contributed by atoms with van der Waals surface area (Å²) in [6.07, 6.45) is 3.91. The molecule has 0 aliphatic carbocycles. The molecule has 2 aromatic rings. The van der Waals surface area contributed by atoms with E-state index in [1.807, 2.05) is 36.4 Å². The van der Waals surface area contributed by atoms with E-state index in [1.165, 1.54) is 12.1 Å². The maximum Gasteiger partial charge on any atom is 0.123 e. The summed E-state index contributed by atoms with van der Waals surface area (Å²) in [7, 11) is 0. The molecule has 0 radical (unpaired) electrons. The van der Waals surface area contributed by atoms with E-state index >= 15 is 0 Å². The highest BCUT2D eigenvalue weighted by molar-refractivity contribution is 9.10. The van der Waals surface area contributed by atoms with Gasteiger partial charge in [-0.1, -0.05) is 65.0 Å². The molecule has 2 heteroatoms. The van der Waals surface area contributed by atoms with Crippen LogP contribution in [0.25, 0.3) is 11.6 Å². The molecule has 0 amide bonds. The first-order valence-electron chi connectivity index (χ1n) is 5.54. The van der Waals surface area contributed by atoms with E-state index < -0.39 is 0 Å². The molecule has 0 spiro atoms. The van der Waals surface area contributed by atoms with Crippen LogP contribution in [0.3, 0.4) is 0 Å². The van der Waals surface area contributed by atoms with Crippen molar-refractivity contribution in [3.8, 4) is 0 Å². The first kappa shape index (κ1) is 12.8. The smallest absolute Gasteiger partial charge is 0.123 e. The molecule has 0 aliphatic rings. The van der Waals surface area contributed by atoms with E-state index in [2.05, 4.69) is 22.5 Å². The van der Waals surface area contributed by atoms with Crippen molar-refractivity contribution in [3.05, 3.63) is 82.6 Å². The Balaban J connectivity index is 2.17. The summed E-state index contributed by atoms with van der Waals surface area (Å²) in [4.78, 5) is 0. The summed E-state index contributed by atoms with van der Waals surface area (Å²) in [5, 5.41) is 0. The van der Waals surface area contributed by atoms with Crippen LogP contribution >= 0.6 is 15.9 Å². The molecular formula is C16H12BrF. The van der Waals surface area contributed by atoms with Gasteiger partial charge in [0.15, 0.2) is 0 Å². The van der Waals surface area contributed by atoms with Crippen LogP contribution in [-0.2, 0) is 0 Å². The largest absolute Gasteiger partial charge is 0.207 e. The summed E-state index contributed by atoms with van der Waals surface area (Å²) < 4.78 is 13.8. The van der Waals surface area contributed by atoms with Gasteiger partial charge < -0.3 is 0 Å². The molecule has 0 fully saturated rings. The Hall–Kier alpha value is -1.67.